The van der Waals surface area contributed by atoms with Crippen LogP contribution in [-0.2, 0) is 4.74 Å². The summed E-state index contributed by atoms with van der Waals surface area (Å²) < 4.78 is 4.93. The number of benzene rings is 1. The molecule has 0 aliphatic carbocycles. The molecule has 3 amide bonds. The van der Waals surface area contributed by atoms with Crippen molar-refractivity contribution in [2.75, 3.05) is 25.0 Å². The summed E-state index contributed by atoms with van der Waals surface area (Å²) in [7, 11) is 0. The molecule has 1 heterocycles. The molecule has 0 radical (unpaired) electrons. The number of nitrogens with zero attached hydrogens (tertiary/aromatic N) is 1. The fourth-order valence-corrected chi connectivity index (χ4v) is 2.45. The Bertz CT molecular complexity index is 590. The highest BCUT2D eigenvalue weighted by molar-refractivity contribution is 5.90. The van der Waals surface area contributed by atoms with Crippen molar-refractivity contribution < 1.29 is 29.6 Å². The molecule has 0 unspecified atom stereocenters. The molecule has 1 aromatic carbocycles. The summed E-state index contributed by atoms with van der Waals surface area (Å²) in [6, 6.07) is 1.64. The van der Waals surface area contributed by atoms with Gasteiger partial charge >= 0.3 is 12.1 Å². The average molecular weight is 339 g/mol. The first kappa shape index (κ1) is 17.5. The van der Waals surface area contributed by atoms with Gasteiger partial charge in [0.2, 0.25) is 0 Å². The maximum absolute atomic E-state index is 12.0. The number of amides is 3. The number of piperidine rings is 1. The standard InChI is InChI=1S/C15H21N3O6/c1-2-24-15(23)18-5-3-9(4-6-18)16-14(22)17-10-7-11(19)13(21)12(20)8-10/h7-9,19-21H,2-6H2,1H3,(H2,16,17,22). The third-order valence-electron chi connectivity index (χ3n) is 3.68. The van der Waals surface area contributed by atoms with Crippen LogP contribution in [0, 0.1) is 0 Å². The lowest BCUT2D eigenvalue weighted by atomic mass is 10.1. The van der Waals surface area contributed by atoms with Crippen molar-refractivity contribution in [3.05, 3.63) is 12.1 Å². The lowest BCUT2D eigenvalue weighted by Crippen LogP contribution is -2.47. The molecule has 0 bridgehead atoms. The van der Waals surface area contributed by atoms with Crippen molar-refractivity contribution in [3.63, 3.8) is 0 Å². The number of hydrogen-bond donors (Lipinski definition) is 5. The molecule has 1 aliphatic heterocycles. The highest BCUT2D eigenvalue weighted by Gasteiger charge is 2.24. The predicted molar refractivity (Wildman–Crippen MR) is 85.2 cm³/mol. The Balaban J connectivity index is 1.83. The van der Waals surface area contributed by atoms with Crippen LogP contribution in [0.25, 0.3) is 0 Å². The van der Waals surface area contributed by atoms with Gasteiger partial charge in [-0.2, -0.15) is 0 Å². The van der Waals surface area contributed by atoms with E-state index in [0.717, 1.165) is 12.1 Å². The average Bonchev–Trinajstić information content (AvgIpc) is 2.53. The van der Waals surface area contributed by atoms with Crippen LogP contribution in [0.5, 0.6) is 17.2 Å². The summed E-state index contributed by atoms with van der Waals surface area (Å²) in [5, 5.41) is 33.3. The minimum Gasteiger partial charge on any atom is -0.504 e. The number of carbonyl (C=O) groups excluding carboxylic acids is 2. The zero-order chi connectivity index (χ0) is 17.7. The second kappa shape index (κ2) is 7.62. The smallest absolute Gasteiger partial charge is 0.409 e. The molecular formula is C15H21N3O6. The maximum Gasteiger partial charge on any atom is 0.409 e. The van der Waals surface area contributed by atoms with E-state index in [4.69, 9.17) is 4.74 Å². The third kappa shape index (κ3) is 4.34. The van der Waals surface area contributed by atoms with E-state index in [1.807, 2.05) is 0 Å². The quantitative estimate of drug-likeness (QED) is 0.419. The summed E-state index contributed by atoms with van der Waals surface area (Å²) in [5.41, 5.74) is 0.143. The Hall–Kier alpha value is -2.84. The van der Waals surface area contributed by atoms with Crippen LogP contribution in [0.2, 0.25) is 0 Å². The van der Waals surface area contributed by atoms with E-state index >= 15 is 0 Å². The molecule has 24 heavy (non-hydrogen) atoms. The Kier molecular flexibility index (Phi) is 5.56. The fourth-order valence-electron chi connectivity index (χ4n) is 2.45. The van der Waals surface area contributed by atoms with E-state index in [0.29, 0.717) is 32.5 Å². The Morgan fingerprint density at radius 2 is 1.79 bits per heavy atom. The number of likely N-dealkylation sites (tertiary alicyclic amines) is 1. The van der Waals surface area contributed by atoms with Gasteiger partial charge in [-0.3, -0.25) is 0 Å². The van der Waals surface area contributed by atoms with Crippen molar-refractivity contribution >= 4 is 17.8 Å². The minimum atomic E-state index is -0.646. The third-order valence-corrected chi connectivity index (χ3v) is 3.68. The molecule has 0 atom stereocenters. The summed E-state index contributed by atoms with van der Waals surface area (Å²) in [6.07, 6.45) is 0.840. The van der Waals surface area contributed by atoms with Crippen molar-refractivity contribution in [2.24, 2.45) is 0 Å². The molecule has 0 aromatic heterocycles. The number of aromatic hydroxyl groups is 3. The number of carbonyl (C=O) groups is 2. The zero-order valence-electron chi connectivity index (χ0n) is 13.3. The first-order valence-corrected chi connectivity index (χ1v) is 7.64. The van der Waals surface area contributed by atoms with Crippen molar-refractivity contribution in [3.8, 4) is 17.2 Å². The monoisotopic (exact) mass is 339 g/mol. The Morgan fingerprint density at radius 3 is 2.33 bits per heavy atom. The van der Waals surface area contributed by atoms with Crippen LogP contribution in [0.4, 0.5) is 15.3 Å². The molecular weight excluding hydrogens is 318 g/mol. The van der Waals surface area contributed by atoms with Crippen LogP contribution in [0.1, 0.15) is 19.8 Å². The van der Waals surface area contributed by atoms with E-state index in [1.165, 1.54) is 0 Å². The summed E-state index contributed by atoms with van der Waals surface area (Å²) in [4.78, 5) is 25.1. The maximum atomic E-state index is 12.0. The molecule has 1 saturated heterocycles. The van der Waals surface area contributed by atoms with E-state index in [2.05, 4.69) is 10.6 Å². The van der Waals surface area contributed by atoms with Crippen LogP contribution in [0.15, 0.2) is 12.1 Å². The number of nitrogens with one attached hydrogen (secondary N) is 2. The van der Waals surface area contributed by atoms with Gasteiger partial charge in [0.25, 0.3) is 0 Å². The molecule has 132 valence electrons. The molecule has 1 aromatic rings. The molecule has 5 N–H and O–H groups in total. The predicted octanol–water partition coefficient (Wildman–Crippen LogP) is 1.55. The van der Waals surface area contributed by atoms with Crippen LogP contribution in [-0.4, -0.2) is 58.1 Å². The normalized spacial score (nSPS) is 15.0. The molecule has 0 spiro atoms. The number of phenolic OH excluding ortho intramolecular Hbond substituents is 3. The second-order valence-electron chi connectivity index (χ2n) is 5.42. The van der Waals surface area contributed by atoms with E-state index < -0.39 is 23.3 Å². The Morgan fingerprint density at radius 1 is 1.21 bits per heavy atom. The molecule has 1 fully saturated rings. The van der Waals surface area contributed by atoms with Gasteiger partial charge < -0.3 is 35.6 Å². The number of phenols is 3. The zero-order valence-corrected chi connectivity index (χ0v) is 13.3. The van der Waals surface area contributed by atoms with E-state index in [1.54, 1.807) is 11.8 Å². The van der Waals surface area contributed by atoms with Crippen molar-refractivity contribution in [2.45, 2.75) is 25.8 Å². The van der Waals surface area contributed by atoms with Gasteiger partial charge in [0, 0.05) is 31.3 Å². The first-order valence-electron chi connectivity index (χ1n) is 7.64. The van der Waals surface area contributed by atoms with Gasteiger partial charge in [-0.25, -0.2) is 9.59 Å². The fraction of sp³-hybridized carbons (Fsp3) is 0.467. The van der Waals surface area contributed by atoms with Crippen molar-refractivity contribution in [1.82, 2.24) is 10.2 Å². The summed E-state index contributed by atoms with van der Waals surface area (Å²) >= 11 is 0. The Labute approximate surface area is 138 Å². The van der Waals surface area contributed by atoms with Gasteiger partial charge in [-0.05, 0) is 19.8 Å². The second-order valence-corrected chi connectivity index (χ2v) is 5.42. The van der Waals surface area contributed by atoms with Gasteiger partial charge in [0.15, 0.2) is 17.2 Å². The molecule has 2 rings (SSSR count). The number of ether oxygens (including phenoxy) is 1. The highest BCUT2D eigenvalue weighted by Crippen LogP contribution is 2.37. The molecule has 0 saturated carbocycles. The van der Waals surface area contributed by atoms with Gasteiger partial charge in [-0.1, -0.05) is 0 Å². The number of hydrogen-bond acceptors (Lipinski definition) is 6. The number of urea groups is 1. The van der Waals surface area contributed by atoms with Crippen LogP contribution in [0.3, 0.4) is 0 Å². The van der Waals surface area contributed by atoms with E-state index in [9.17, 15) is 24.9 Å². The van der Waals surface area contributed by atoms with Crippen LogP contribution >= 0.6 is 0 Å². The minimum absolute atomic E-state index is 0.102. The largest absolute Gasteiger partial charge is 0.504 e. The van der Waals surface area contributed by atoms with Gasteiger partial charge in [0.1, 0.15) is 0 Å². The van der Waals surface area contributed by atoms with Gasteiger partial charge in [0.05, 0.1) is 12.3 Å². The lowest BCUT2D eigenvalue weighted by molar-refractivity contribution is 0.0959. The molecule has 9 heteroatoms. The van der Waals surface area contributed by atoms with Crippen molar-refractivity contribution in [1.29, 1.82) is 0 Å². The number of rotatable bonds is 3. The lowest BCUT2D eigenvalue weighted by Gasteiger charge is -2.31. The molecule has 1 aliphatic rings. The number of anilines is 1. The topological polar surface area (TPSA) is 131 Å². The first-order chi connectivity index (χ1) is 11.4. The SMILES string of the molecule is CCOC(=O)N1CCC(NC(=O)Nc2cc(O)c(O)c(O)c2)CC1. The summed E-state index contributed by atoms with van der Waals surface area (Å²) in [5.74, 6) is -1.71. The highest BCUT2D eigenvalue weighted by atomic mass is 16.6. The van der Waals surface area contributed by atoms with E-state index in [-0.39, 0.29) is 17.8 Å². The van der Waals surface area contributed by atoms with Gasteiger partial charge in [-0.15, -0.1) is 0 Å². The summed E-state index contributed by atoms with van der Waals surface area (Å²) in [6.45, 7) is 3.05. The molecule has 9 nitrogen and oxygen atoms in total. The van der Waals surface area contributed by atoms with Crippen LogP contribution < -0.4 is 10.6 Å².